The Kier molecular flexibility index (Phi) is 4.31. The first-order valence-electron chi connectivity index (χ1n) is 6.58. The van der Waals surface area contributed by atoms with Gasteiger partial charge in [-0.2, -0.15) is 0 Å². The number of para-hydroxylation sites is 1. The van der Waals surface area contributed by atoms with E-state index in [4.69, 9.17) is 0 Å². The fourth-order valence-electron chi connectivity index (χ4n) is 2.09. The number of nitrogens with one attached hydrogen (secondary N) is 1. The van der Waals surface area contributed by atoms with Crippen molar-refractivity contribution in [1.29, 1.82) is 0 Å². The van der Waals surface area contributed by atoms with Gasteiger partial charge < -0.3 is 5.32 Å². The van der Waals surface area contributed by atoms with Crippen LogP contribution >= 0.6 is 0 Å². The second-order valence-corrected chi connectivity index (χ2v) is 4.63. The maximum atomic E-state index is 12.5. The molecule has 0 bridgehead atoms. The summed E-state index contributed by atoms with van der Waals surface area (Å²) in [5, 5.41) is 2.95. The average molecular weight is 266 g/mol. The normalized spacial score (nSPS) is 10.8. The van der Waals surface area contributed by atoms with Gasteiger partial charge in [-0.3, -0.25) is 9.79 Å². The Morgan fingerprint density at radius 1 is 1.05 bits per heavy atom. The number of amides is 1. The molecule has 20 heavy (non-hydrogen) atoms. The smallest absolute Gasteiger partial charge is 0.258 e. The quantitative estimate of drug-likeness (QED) is 0.828. The van der Waals surface area contributed by atoms with Gasteiger partial charge >= 0.3 is 0 Å². The highest BCUT2D eigenvalue weighted by molar-refractivity contribution is 6.09. The molecule has 0 saturated heterocycles. The summed E-state index contributed by atoms with van der Waals surface area (Å²) < 4.78 is 0. The Morgan fingerprint density at radius 3 is 2.45 bits per heavy atom. The number of hydrogen-bond donors (Lipinski definition) is 1. The third kappa shape index (κ3) is 2.94. The van der Waals surface area contributed by atoms with E-state index in [2.05, 4.69) is 10.3 Å². The van der Waals surface area contributed by atoms with Crippen molar-refractivity contribution < 1.29 is 4.79 Å². The van der Waals surface area contributed by atoms with Crippen LogP contribution in [-0.2, 0) is 0 Å². The van der Waals surface area contributed by atoms with E-state index in [9.17, 15) is 4.79 Å². The summed E-state index contributed by atoms with van der Waals surface area (Å²) in [5.41, 5.74) is 4.09. The second-order valence-electron chi connectivity index (χ2n) is 4.63. The van der Waals surface area contributed by atoms with E-state index in [0.29, 0.717) is 11.3 Å². The van der Waals surface area contributed by atoms with Gasteiger partial charge in [0.05, 0.1) is 11.3 Å². The fraction of sp³-hybridized carbons (Fsp3) is 0.176. The molecule has 0 radical (unpaired) electrons. The van der Waals surface area contributed by atoms with Crippen molar-refractivity contribution in [3.05, 3.63) is 59.2 Å². The van der Waals surface area contributed by atoms with Crippen LogP contribution in [0, 0.1) is 13.8 Å². The molecule has 0 heterocycles. The Labute approximate surface area is 119 Å². The molecule has 0 unspecified atom stereocenters. The third-order valence-electron chi connectivity index (χ3n) is 3.14. The summed E-state index contributed by atoms with van der Waals surface area (Å²) in [6.07, 6.45) is 1.69. The lowest BCUT2D eigenvalue weighted by Gasteiger charge is -2.11. The number of carbonyl (C=O) groups excluding carboxylic acids is 1. The zero-order chi connectivity index (χ0) is 14.5. The minimum absolute atomic E-state index is 0.127. The summed E-state index contributed by atoms with van der Waals surface area (Å²) in [6, 6.07) is 13.4. The van der Waals surface area contributed by atoms with E-state index >= 15 is 0 Å². The molecule has 0 aliphatic heterocycles. The van der Waals surface area contributed by atoms with Crippen molar-refractivity contribution in [2.45, 2.75) is 20.8 Å². The van der Waals surface area contributed by atoms with Gasteiger partial charge in [0.25, 0.3) is 5.91 Å². The molecule has 0 aliphatic rings. The van der Waals surface area contributed by atoms with Crippen LogP contribution in [0.15, 0.2) is 47.5 Å². The van der Waals surface area contributed by atoms with Gasteiger partial charge in [-0.05, 0) is 44.0 Å². The Hall–Kier alpha value is -2.42. The first kappa shape index (κ1) is 14.0. The second kappa shape index (κ2) is 6.15. The van der Waals surface area contributed by atoms with E-state index in [1.54, 1.807) is 6.21 Å². The standard InChI is InChI=1S/C17H18N2O/c1-4-18-15-11-7-9-13(3)16(15)17(20)19-14-10-6-5-8-12(14)2/h4-11H,1-3H3,(H,19,20). The van der Waals surface area contributed by atoms with Crippen LogP contribution in [0.5, 0.6) is 0 Å². The maximum absolute atomic E-state index is 12.5. The van der Waals surface area contributed by atoms with Crippen molar-refractivity contribution in [1.82, 2.24) is 0 Å². The molecule has 0 atom stereocenters. The lowest BCUT2D eigenvalue weighted by molar-refractivity contribution is 0.102. The molecule has 2 rings (SSSR count). The number of aliphatic imine (C=N–C) groups is 1. The molecule has 2 aromatic carbocycles. The summed E-state index contributed by atoms with van der Waals surface area (Å²) in [4.78, 5) is 16.8. The SMILES string of the molecule is CC=Nc1cccc(C)c1C(=O)Nc1ccccc1C. The molecule has 1 N–H and O–H groups in total. The fourth-order valence-corrected chi connectivity index (χ4v) is 2.09. The summed E-state index contributed by atoms with van der Waals surface area (Å²) >= 11 is 0. The van der Waals surface area contributed by atoms with Gasteiger partial charge in [0.1, 0.15) is 0 Å². The van der Waals surface area contributed by atoms with Crippen LogP contribution in [0.4, 0.5) is 11.4 Å². The van der Waals surface area contributed by atoms with E-state index in [0.717, 1.165) is 16.8 Å². The van der Waals surface area contributed by atoms with E-state index in [1.807, 2.05) is 63.2 Å². The molecule has 0 aromatic heterocycles. The average Bonchev–Trinajstić information content (AvgIpc) is 2.42. The molecule has 2 aromatic rings. The highest BCUT2D eigenvalue weighted by Gasteiger charge is 2.14. The topological polar surface area (TPSA) is 41.5 Å². The van der Waals surface area contributed by atoms with Crippen molar-refractivity contribution in [2.75, 3.05) is 5.32 Å². The van der Waals surface area contributed by atoms with Crippen LogP contribution < -0.4 is 5.32 Å². The number of rotatable bonds is 3. The number of hydrogen-bond acceptors (Lipinski definition) is 2. The molecular weight excluding hydrogens is 248 g/mol. The summed E-state index contributed by atoms with van der Waals surface area (Å²) in [7, 11) is 0. The highest BCUT2D eigenvalue weighted by atomic mass is 16.1. The van der Waals surface area contributed by atoms with Crippen molar-refractivity contribution >= 4 is 23.5 Å². The number of aryl methyl sites for hydroxylation is 2. The molecule has 3 heteroatoms. The van der Waals surface area contributed by atoms with Crippen LogP contribution in [0.2, 0.25) is 0 Å². The first-order valence-corrected chi connectivity index (χ1v) is 6.58. The molecule has 3 nitrogen and oxygen atoms in total. The molecule has 0 aliphatic carbocycles. The highest BCUT2D eigenvalue weighted by Crippen LogP contribution is 2.24. The van der Waals surface area contributed by atoms with Gasteiger partial charge in [-0.1, -0.05) is 30.3 Å². The molecule has 0 spiro atoms. The van der Waals surface area contributed by atoms with Gasteiger partial charge in [0.2, 0.25) is 0 Å². The lowest BCUT2D eigenvalue weighted by atomic mass is 10.1. The van der Waals surface area contributed by atoms with Gasteiger partial charge in [-0.25, -0.2) is 0 Å². The monoisotopic (exact) mass is 266 g/mol. The minimum Gasteiger partial charge on any atom is -0.322 e. The van der Waals surface area contributed by atoms with Gasteiger partial charge in [0.15, 0.2) is 0 Å². The van der Waals surface area contributed by atoms with E-state index in [1.165, 1.54) is 0 Å². The van der Waals surface area contributed by atoms with Crippen molar-refractivity contribution in [3.63, 3.8) is 0 Å². The first-order chi connectivity index (χ1) is 9.63. The van der Waals surface area contributed by atoms with E-state index in [-0.39, 0.29) is 5.91 Å². The zero-order valence-electron chi connectivity index (χ0n) is 12.0. The number of anilines is 1. The Bertz CT molecular complexity index is 660. The van der Waals surface area contributed by atoms with E-state index < -0.39 is 0 Å². The van der Waals surface area contributed by atoms with Gasteiger partial charge in [0, 0.05) is 11.9 Å². The molecule has 0 fully saturated rings. The number of benzene rings is 2. The number of nitrogens with zero attached hydrogens (tertiary/aromatic N) is 1. The molecule has 102 valence electrons. The maximum Gasteiger partial charge on any atom is 0.258 e. The van der Waals surface area contributed by atoms with Crippen LogP contribution in [0.25, 0.3) is 0 Å². The number of carbonyl (C=O) groups is 1. The Morgan fingerprint density at radius 2 is 1.75 bits per heavy atom. The predicted octanol–water partition coefficient (Wildman–Crippen LogP) is 4.28. The zero-order valence-corrected chi connectivity index (χ0v) is 12.0. The minimum atomic E-state index is -0.127. The van der Waals surface area contributed by atoms with Crippen LogP contribution in [0.3, 0.4) is 0 Å². The molecule has 1 amide bonds. The van der Waals surface area contributed by atoms with Crippen molar-refractivity contribution in [2.24, 2.45) is 4.99 Å². The summed E-state index contributed by atoms with van der Waals surface area (Å²) in [5.74, 6) is -0.127. The lowest BCUT2D eigenvalue weighted by Crippen LogP contribution is -2.14. The molecule has 0 saturated carbocycles. The van der Waals surface area contributed by atoms with Crippen LogP contribution in [-0.4, -0.2) is 12.1 Å². The predicted molar refractivity (Wildman–Crippen MR) is 84.1 cm³/mol. The molecular formula is C17H18N2O. The summed E-state index contributed by atoms with van der Waals surface area (Å²) in [6.45, 7) is 5.73. The van der Waals surface area contributed by atoms with Crippen LogP contribution in [0.1, 0.15) is 28.4 Å². The van der Waals surface area contributed by atoms with Crippen molar-refractivity contribution in [3.8, 4) is 0 Å². The third-order valence-corrected chi connectivity index (χ3v) is 3.14. The van der Waals surface area contributed by atoms with Gasteiger partial charge in [-0.15, -0.1) is 0 Å². The Balaban J connectivity index is 2.37. The largest absolute Gasteiger partial charge is 0.322 e.